The van der Waals surface area contributed by atoms with E-state index in [0.717, 1.165) is 29.5 Å². The molecule has 8 heteroatoms. The molecule has 27 heavy (non-hydrogen) atoms. The molecule has 3 aromatic heterocycles. The molecule has 3 heterocycles. The van der Waals surface area contributed by atoms with Gasteiger partial charge in [-0.15, -0.1) is 11.3 Å². The summed E-state index contributed by atoms with van der Waals surface area (Å²) in [6.07, 6.45) is 9.33. The molecule has 1 aliphatic rings. The summed E-state index contributed by atoms with van der Waals surface area (Å²) >= 11 is 1.71. The standard InChI is InChI=1S/C19H22N6OS/c1-10(2)15(16(20)26)23-18-14-11-5-3-4-6-13(11)27-19(14)25-17(24-18)12-9-21-7-8-22-12/h7-10,15H,3-6H2,1-2H3,(H2,20,26)(H,23,24,25). The van der Waals surface area contributed by atoms with E-state index in [1.807, 2.05) is 13.8 Å². The van der Waals surface area contributed by atoms with Gasteiger partial charge in [0.25, 0.3) is 0 Å². The zero-order valence-corrected chi connectivity index (χ0v) is 16.2. The van der Waals surface area contributed by atoms with E-state index in [2.05, 4.69) is 15.3 Å². The molecule has 3 aromatic rings. The van der Waals surface area contributed by atoms with E-state index < -0.39 is 6.04 Å². The van der Waals surface area contributed by atoms with Crippen LogP contribution in [0.1, 0.15) is 37.1 Å². The minimum absolute atomic E-state index is 0.0435. The van der Waals surface area contributed by atoms with Gasteiger partial charge in [-0.2, -0.15) is 0 Å². The van der Waals surface area contributed by atoms with E-state index in [1.165, 1.54) is 16.9 Å². The highest BCUT2D eigenvalue weighted by atomic mass is 32.1. The maximum absolute atomic E-state index is 12.0. The van der Waals surface area contributed by atoms with E-state index in [4.69, 9.17) is 15.7 Å². The highest BCUT2D eigenvalue weighted by Gasteiger charge is 2.26. The van der Waals surface area contributed by atoms with E-state index in [9.17, 15) is 4.79 Å². The lowest BCUT2D eigenvalue weighted by atomic mass is 9.96. The third-order valence-corrected chi connectivity index (χ3v) is 6.06. The second kappa shape index (κ2) is 7.19. The Morgan fingerprint density at radius 3 is 2.74 bits per heavy atom. The second-order valence-electron chi connectivity index (χ2n) is 7.15. The van der Waals surface area contributed by atoms with Crippen LogP contribution in [0.4, 0.5) is 5.82 Å². The number of anilines is 1. The maximum Gasteiger partial charge on any atom is 0.240 e. The molecule has 0 fully saturated rings. The van der Waals surface area contributed by atoms with Gasteiger partial charge in [0.15, 0.2) is 5.82 Å². The lowest BCUT2D eigenvalue weighted by Gasteiger charge is -2.21. The molecule has 4 rings (SSSR count). The van der Waals surface area contributed by atoms with Gasteiger partial charge in [-0.1, -0.05) is 13.8 Å². The summed E-state index contributed by atoms with van der Waals surface area (Å²) in [6, 6.07) is -0.503. The maximum atomic E-state index is 12.0. The Kier molecular flexibility index (Phi) is 4.73. The number of carbonyl (C=O) groups excluding carboxylic acids is 1. The number of nitrogens with zero attached hydrogens (tertiary/aromatic N) is 4. The van der Waals surface area contributed by atoms with Gasteiger partial charge in [0, 0.05) is 17.3 Å². The van der Waals surface area contributed by atoms with Crippen LogP contribution in [0.15, 0.2) is 18.6 Å². The van der Waals surface area contributed by atoms with Crippen molar-refractivity contribution in [1.29, 1.82) is 0 Å². The lowest BCUT2D eigenvalue weighted by molar-refractivity contribution is -0.119. The smallest absolute Gasteiger partial charge is 0.240 e. The minimum Gasteiger partial charge on any atom is -0.368 e. The predicted molar refractivity (Wildman–Crippen MR) is 107 cm³/mol. The number of aryl methyl sites for hydroxylation is 2. The highest BCUT2D eigenvalue weighted by Crippen LogP contribution is 2.39. The number of primary amides is 1. The number of nitrogens with two attached hydrogens (primary N) is 1. The van der Waals surface area contributed by atoms with Gasteiger partial charge in [-0.3, -0.25) is 9.78 Å². The molecule has 0 saturated carbocycles. The van der Waals surface area contributed by atoms with Crippen molar-refractivity contribution < 1.29 is 4.79 Å². The van der Waals surface area contributed by atoms with Crippen molar-refractivity contribution in [2.75, 3.05) is 5.32 Å². The predicted octanol–water partition coefficient (Wildman–Crippen LogP) is 2.95. The number of nitrogens with one attached hydrogen (secondary N) is 1. The number of hydrogen-bond donors (Lipinski definition) is 2. The topological polar surface area (TPSA) is 107 Å². The SMILES string of the molecule is CC(C)C(Nc1nc(-c2cnccn2)nc2sc3c(c12)CCCC3)C(N)=O. The van der Waals surface area contributed by atoms with Crippen LogP contribution >= 0.6 is 11.3 Å². The summed E-state index contributed by atoms with van der Waals surface area (Å²) in [5.41, 5.74) is 7.54. The van der Waals surface area contributed by atoms with Gasteiger partial charge in [0.2, 0.25) is 5.91 Å². The van der Waals surface area contributed by atoms with Crippen molar-refractivity contribution in [2.24, 2.45) is 11.7 Å². The van der Waals surface area contributed by atoms with Crippen LogP contribution in [-0.2, 0) is 17.6 Å². The largest absolute Gasteiger partial charge is 0.368 e. The Labute approximate surface area is 161 Å². The first-order valence-corrected chi connectivity index (χ1v) is 10.0. The Balaban J connectivity index is 1.90. The van der Waals surface area contributed by atoms with Crippen LogP contribution in [-0.4, -0.2) is 31.9 Å². The molecule has 0 saturated heterocycles. The van der Waals surface area contributed by atoms with Gasteiger partial charge < -0.3 is 11.1 Å². The van der Waals surface area contributed by atoms with Crippen LogP contribution in [0.3, 0.4) is 0 Å². The van der Waals surface area contributed by atoms with Crippen LogP contribution in [0.5, 0.6) is 0 Å². The number of fused-ring (bicyclic) bond motifs is 3. The molecular formula is C19H22N6OS. The molecular weight excluding hydrogens is 360 g/mol. The zero-order chi connectivity index (χ0) is 19.0. The van der Waals surface area contributed by atoms with Gasteiger partial charge in [0.05, 0.1) is 11.6 Å². The van der Waals surface area contributed by atoms with Crippen molar-refractivity contribution in [3.63, 3.8) is 0 Å². The highest BCUT2D eigenvalue weighted by molar-refractivity contribution is 7.19. The van der Waals surface area contributed by atoms with Crippen molar-refractivity contribution in [1.82, 2.24) is 19.9 Å². The summed E-state index contributed by atoms with van der Waals surface area (Å²) in [7, 11) is 0. The molecule has 0 spiro atoms. The number of aromatic nitrogens is 4. The fourth-order valence-corrected chi connectivity index (χ4v) is 4.77. The van der Waals surface area contributed by atoms with E-state index in [1.54, 1.807) is 29.9 Å². The normalized spacial score (nSPS) is 14.9. The van der Waals surface area contributed by atoms with E-state index in [0.29, 0.717) is 17.3 Å². The molecule has 1 unspecified atom stereocenters. The average molecular weight is 382 g/mol. The summed E-state index contributed by atoms with van der Waals surface area (Å²) < 4.78 is 0. The summed E-state index contributed by atoms with van der Waals surface area (Å²) in [5.74, 6) is 0.824. The number of carbonyl (C=O) groups is 1. The zero-order valence-electron chi connectivity index (χ0n) is 15.4. The van der Waals surface area contributed by atoms with Crippen molar-refractivity contribution in [2.45, 2.75) is 45.6 Å². The third-order valence-electron chi connectivity index (χ3n) is 4.87. The monoisotopic (exact) mass is 382 g/mol. The van der Waals surface area contributed by atoms with Crippen molar-refractivity contribution in [3.8, 4) is 11.5 Å². The molecule has 0 aromatic carbocycles. The molecule has 3 N–H and O–H groups in total. The first-order chi connectivity index (χ1) is 13.0. The molecule has 0 aliphatic heterocycles. The fraction of sp³-hybridized carbons (Fsp3) is 0.421. The molecule has 0 radical (unpaired) electrons. The minimum atomic E-state index is -0.503. The summed E-state index contributed by atoms with van der Waals surface area (Å²) in [6.45, 7) is 3.93. The number of rotatable bonds is 5. The summed E-state index contributed by atoms with van der Waals surface area (Å²) in [4.78, 5) is 32.2. The molecule has 1 amide bonds. The third kappa shape index (κ3) is 3.37. The Bertz CT molecular complexity index is 985. The average Bonchev–Trinajstić information content (AvgIpc) is 3.04. The Hall–Kier alpha value is -2.61. The van der Waals surface area contributed by atoms with Crippen LogP contribution < -0.4 is 11.1 Å². The van der Waals surface area contributed by atoms with Gasteiger partial charge in [-0.25, -0.2) is 15.0 Å². The van der Waals surface area contributed by atoms with Gasteiger partial charge in [-0.05, 0) is 37.2 Å². The van der Waals surface area contributed by atoms with E-state index >= 15 is 0 Å². The quantitative estimate of drug-likeness (QED) is 0.703. The molecule has 7 nitrogen and oxygen atoms in total. The molecule has 140 valence electrons. The van der Waals surface area contributed by atoms with Crippen molar-refractivity contribution in [3.05, 3.63) is 29.0 Å². The lowest BCUT2D eigenvalue weighted by Crippen LogP contribution is -2.39. The van der Waals surface area contributed by atoms with Gasteiger partial charge >= 0.3 is 0 Å². The van der Waals surface area contributed by atoms with Crippen molar-refractivity contribution >= 4 is 33.3 Å². The number of hydrogen-bond acceptors (Lipinski definition) is 7. The molecule has 1 aliphatic carbocycles. The van der Waals surface area contributed by atoms with Crippen LogP contribution in [0, 0.1) is 5.92 Å². The van der Waals surface area contributed by atoms with Gasteiger partial charge in [0.1, 0.15) is 22.4 Å². The first kappa shape index (κ1) is 17.8. The van der Waals surface area contributed by atoms with Crippen LogP contribution in [0.2, 0.25) is 0 Å². The fourth-order valence-electron chi connectivity index (χ4n) is 3.50. The van der Waals surface area contributed by atoms with E-state index in [-0.39, 0.29) is 11.8 Å². The molecule has 0 bridgehead atoms. The number of thiophene rings is 1. The molecule has 1 atom stereocenters. The second-order valence-corrected chi connectivity index (χ2v) is 8.23. The Morgan fingerprint density at radius 2 is 2.04 bits per heavy atom. The summed E-state index contributed by atoms with van der Waals surface area (Å²) in [5, 5.41) is 4.32. The van der Waals surface area contributed by atoms with Crippen LogP contribution in [0.25, 0.3) is 21.7 Å². The Morgan fingerprint density at radius 1 is 1.22 bits per heavy atom. The first-order valence-electron chi connectivity index (χ1n) is 9.19. The number of amides is 1.